The van der Waals surface area contributed by atoms with Crippen molar-refractivity contribution in [3.05, 3.63) is 60.2 Å². The Labute approximate surface area is 120 Å². The Morgan fingerprint density at radius 3 is 2.33 bits per heavy atom. The van der Waals surface area contributed by atoms with Crippen molar-refractivity contribution in [2.24, 2.45) is 5.73 Å². The van der Waals surface area contributed by atoms with Gasteiger partial charge >= 0.3 is 6.61 Å². The first-order valence-electron chi connectivity index (χ1n) is 6.23. The van der Waals surface area contributed by atoms with Gasteiger partial charge in [0.2, 0.25) is 5.91 Å². The van der Waals surface area contributed by atoms with Crippen molar-refractivity contribution < 1.29 is 18.3 Å². The number of carbonyl (C=O) groups excluding carboxylic acids is 1. The van der Waals surface area contributed by atoms with Gasteiger partial charge in [-0.25, -0.2) is 0 Å². The molecule has 0 aliphatic carbocycles. The number of anilines is 1. The number of rotatable bonds is 5. The summed E-state index contributed by atoms with van der Waals surface area (Å²) in [6, 6.07) is 13.8. The van der Waals surface area contributed by atoms with Crippen LogP contribution in [0.4, 0.5) is 14.5 Å². The summed E-state index contributed by atoms with van der Waals surface area (Å²) in [5, 5.41) is 2.49. The van der Waals surface area contributed by atoms with E-state index in [0.717, 1.165) is 0 Å². The van der Waals surface area contributed by atoms with Crippen LogP contribution in [0.1, 0.15) is 11.6 Å². The molecule has 21 heavy (non-hydrogen) atoms. The first kappa shape index (κ1) is 14.9. The molecule has 0 aromatic heterocycles. The van der Waals surface area contributed by atoms with Gasteiger partial charge < -0.3 is 15.8 Å². The Morgan fingerprint density at radius 1 is 1.05 bits per heavy atom. The lowest BCUT2D eigenvalue weighted by Crippen LogP contribution is -2.28. The van der Waals surface area contributed by atoms with Gasteiger partial charge in [-0.1, -0.05) is 42.5 Å². The molecule has 2 aromatic carbocycles. The molecule has 0 saturated carbocycles. The van der Waals surface area contributed by atoms with Crippen LogP contribution < -0.4 is 15.8 Å². The molecule has 6 heteroatoms. The first-order valence-corrected chi connectivity index (χ1v) is 6.23. The molecule has 0 radical (unpaired) electrons. The van der Waals surface area contributed by atoms with Crippen molar-refractivity contribution in [1.29, 1.82) is 0 Å². The summed E-state index contributed by atoms with van der Waals surface area (Å²) in [6.07, 6.45) is 0. The molecule has 2 aromatic rings. The van der Waals surface area contributed by atoms with Crippen molar-refractivity contribution in [1.82, 2.24) is 0 Å². The smallest absolute Gasteiger partial charge is 0.387 e. The summed E-state index contributed by atoms with van der Waals surface area (Å²) in [5.74, 6) is -0.618. The van der Waals surface area contributed by atoms with Crippen LogP contribution in [0.2, 0.25) is 0 Å². The molecule has 0 aliphatic rings. The third-order valence-electron chi connectivity index (χ3n) is 2.80. The number of para-hydroxylation sites is 2. The van der Waals surface area contributed by atoms with Crippen LogP contribution in [0.25, 0.3) is 0 Å². The number of nitrogens with one attached hydrogen (secondary N) is 1. The Bertz CT molecular complexity index is 606. The van der Waals surface area contributed by atoms with Gasteiger partial charge in [0.05, 0.1) is 5.69 Å². The summed E-state index contributed by atoms with van der Waals surface area (Å²) in [7, 11) is 0. The van der Waals surface area contributed by atoms with Crippen molar-refractivity contribution >= 4 is 11.6 Å². The molecule has 0 aliphatic heterocycles. The topological polar surface area (TPSA) is 64.4 Å². The lowest BCUT2D eigenvalue weighted by molar-refractivity contribution is -0.117. The lowest BCUT2D eigenvalue weighted by Gasteiger charge is -2.15. The fraction of sp³-hybridized carbons (Fsp3) is 0.133. The maximum atomic E-state index is 12.3. The van der Waals surface area contributed by atoms with Crippen LogP contribution in [0.15, 0.2) is 54.6 Å². The van der Waals surface area contributed by atoms with Gasteiger partial charge in [-0.2, -0.15) is 8.78 Å². The highest BCUT2D eigenvalue weighted by molar-refractivity contribution is 5.96. The number of alkyl halides is 2. The summed E-state index contributed by atoms with van der Waals surface area (Å²) < 4.78 is 28.9. The van der Waals surface area contributed by atoms with E-state index in [0.29, 0.717) is 5.56 Å². The maximum absolute atomic E-state index is 12.3. The molecule has 4 nitrogen and oxygen atoms in total. The Morgan fingerprint density at radius 2 is 1.67 bits per heavy atom. The van der Waals surface area contributed by atoms with E-state index in [1.165, 1.54) is 18.2 Å². The summed E-state index contributed by atoms with van der Waals surface area (Å²) in [6.45, 7) is -2.97. The first-order chi connectivity index (χ1) is 10.1. The van der Waals surface area contributed by atoms with E-state index in [1.807, 2.05) is 0 Å². The summed E-state index contributed by atoms with van der Waals surface area (Å²) in [5.41, 5.74) is 6.61. The maximum Gasteiger partial charge on any atom is 0.387 e. The Kier molecular flexibility index (Phi) is 4.84. The highest BCUT2D eigenvalue weighted by Crippen LogP contribution is 2.26. The molecule has 110 valence electrons. The molecule has 0 bridgehead atoms. The largest absolute Gasteiger partial charge is 0.433 e. The van der Waals surface area contributed by atoms with E-state index in [4.69, 9.17) is 5.73 Å². The van der Waals surface area contributed by atoms with E-state index in [-0.39, 0.29) is 11.4 Å². The van der Waals surface area contributed by atoms with Gasteiger partial charge in [0.25, 0.3) is 0 Å². The predicted molar refractivity (Wildman–Crippen MR) is 75.1 cm³/mol. The highest BCUT2D eigenvalue weighted by atomic mass is 19.3. The molecular formula is C15H14F2N2O2. The van der Waals surface area contributed by atoms with Gasteiger partial charge in [0.1, 0.15) is 11.8 Å². The zero-order valence-electron chi connectivity index (χ0n) is 11.0. The SMILES string of the molecule is N[C@@H](C(=O)Nc1ccccc1OC(F)F)c1ccccc1. The zero-order valence-corrected chi connectivity index (χ0v) is 11.0. The highest BCUT2D eigenvalue weighted by Gasteiger charge is 2.18. The van der Waals surface area contributed by atoms with Gasteiger partial charge in [0, 0.05) is 0 Å². The number of hydrogen-bond acceptors (Lipinski definition) is 3. The number of nitrogens with two attached hydrogens (primary N) is 1. The van der Waals surface area contributed by atoms with Gasteiger partial charge in [0.15, 0.2) is 0 Å². The molecule has 0 heterocycles. The molecule has 0 saturated heterocycles. The zero-order chi connectivity index (χ0) is 15.2. The second kappa shape index (κ2) is 6.81. The minimum absolute atomic E-state index is 0.110. The molecule has 2 rings (SSSR count). The number of hydrogen-bond donors (Lipinski definition) is 2. The third kappa shape index (κ3) is 4.00. The van der Waals surface area contributed by atoms with Crippen LogP contribution in [0, 0.1) is 0 Å². The Hall–Kier alpha value is -2.47. The van der Waals surface area contributed by atoms with E-state index in [9.17, 15) is 13.6 Å². The molecule has 0 fully saturated rings. The van der Waals surface area contributed by atoms with E-state index >= 15 is 0 Å². The van der Waals surface area contributed by atoms with Crippen molar-refractivity contribution in [3.63, 3.8) is 0 Å². The Balaban J connectivity index is 2.13. The third-order valence-corrected chi connectivity index (χ3v) is 2.80. The van der Waals surface area contributed by atoms with Gasteiger partial charge in [-0.05, 0) is 17.7 Å². The average Bonchev–Trinajstić information content (AvgIpc) is 2.49. The van der Waals surface area contributed by atoms with Gasteiger partial charge in [-0.3, -0.25) is 4.79 Å². The van der Waals surface area contributed by atoms with Gasteiger partial charge in [-0.15, -0.1) is 0 Å². The molecule has 0 unspecified atom stereocenters. The number of carbonyl (C=O) groups is 1. The molecule has 0 spiro atoms. The minimum Gasteiger partial charge on any atom is -0.433 e. The number of amides is 1. The number of benzene rings is 2. The second-order valence-corrected chi connectivity index (χ2v) is 4.25. The fourth-order valence-corrected chi connectivity index (χ4v) is 1.79. The number of halogens is 2. The molecule has 3 N–H and O–H groups in total. The van der Waals surface area contributed by atoms with Crippen molar-refractivity contribution in [2.45, 2.75) is 12.7 Å². The summed E-state index contributed by atoms with van der Waals surface area (Å²) in [4.78, 5) is 12.1. The van der Waals surface area contributed by atoms with E-state index < -0.39 is 18.6 Å². The lowest BCUT2D eigenvalue weighted by atomic mass is 10.1. The van der Waals surface area contributed by atoms with Crippen molar-refractivity contribution in [3.8, 4) is 5.75 Å². The monoisotopic (exact) mass is 292 g/mol. The van der Waals surface area contributed by atoms with Crippen LogP contribution in [0.3, 0.4) is 0 Å². The van der Waals surface area contributed by atoms with E-state index in [2.05, 4.69) is 10.1 Å². The number of ether oxygens (including phenoxy) is 1. The summed E-state index contributed by atoms with van der Waals surface area (Å²) >= 11 is 0. The van der Waals surface area contributed by atoms with Crippen molar-refractivity contribution in [2.75, 3.05) is 5.32 Å². The quantitative estimate of drug-likeness (QED) is 0.890. The molecule has 1 amide bonds. The van der Waals surface area contributed by atoms with Crippen LogP contribution in [-0.4, -0.2) is 12.5 Å². The predicted octanol–water partition coefficient (Wildman–Crippen LogP) is 2.93. The van der Waals surface area contributed by atoms with Crippen LogP contribution in [0.5, 0.6) is 5.75 Å². The van der Waals surface area contributed by atoms with E-state index in [1.54, 1.807) is 36.4 Å². The molecule has 1 atom stereocenters. The minimum atomic E-state index is -2.97. The fourth-order valence-electron chi connectivity index (χ4n) is 1.79. The molecular weight excluding hydrogens is 278 g/mol. The average molecular weight is 292 g/mol. The second-order valence-electron chi connectivity index (χ2n) is 4.25. The van der Waals surface area contributed by atoms with Crippen LogP contribution >= 0.6 is 0 Å². The normalized spacial score (nSPS) is 12.0. The van der Waals surface area contributed by atoms with Crippen LogP contribution in [-0.2, 0) is 4.79 Å². The standard InChI is InChI=1S/C15H14F2N2O2/c16-15(17)21-12-9-5-4-8-11(12)19-14(20)13(18)10-6-2-1-3-7-10/h1-9,13,15H,18H2,(H,19,20)/t13-/m1/s1.